The number of hydrogen-bond acceptors (Lipinski definition) is 4. The van der Waals surface area contributed by atoms with Crippen LogP contribution in [0.15, 0.2) is 6.07 Å². The highest BCUT2D eigenvalue weighted by molar-refractivity contribution is 7.14. The van der Waals surface area contributed by atoms with Gasteiger partial charge in [-0.15, -0.1) is 11.3 Å². The number of thiophene rings is 1. The quantitative estimate of drug-likeness (QED) is 0.887. The van der Waals surface area contributed by atoms with Gasteiger partial charge in [-0.05, 0) is 24.3 Å². The molecule has 21 heavy (non-hydrogen) atoms. The van der Waals surface area contributed by atoms with Gasteiger partial charge in [0.2, 0.25) is 0 Å². The zero-order valence-corrected chi connectivity index (χ0v) is 13.8. The molecule has 0 aliphatic heterocycles. The molecule has 1 aliphatic rings. The van der Waals surface area contributed by atoms with Crippen molar-refractivity contribution >= 4 is 17.3 Å². The average Bonchev–Trinajstić information content (AvgIpc) is 2.81. The number of hydrogen-bond donors (Lipinski definition) is 2. The lowest BCUT2D eigenvalue weighted by Gasteiger charge is -2.31. The van der Waals surface area contributed by atoms with E-state index in [-0.39, 0.29) is 16.9 Å². The minimum Gasteiger partial charge on any atom is -0.489 e. The fourth-order valence-electron chi connectivity index (χ4n) is 2.57. The van der Waals surface area contributed by atoms with Crippen LogP contribution in [0, 0.1) is 0 Å². The third kappa shape index (κ3) is 3.98. The maximum Gasteiger partial charge on any atom is 0.349 e. The van der Waals surface area contributed by atoms with E-state index >= 15 is 0 Å². The van der Waals surface area contributed by atoms with Gasteiger partial charge in [-0.1, -0.05) is 40.0 Å². The lowest BCUT2D eigenvalue weighted by Crippen LogP contribution is -2.38. The predicted octanol–water partition coefficient (Wildman–Crippen LogP) is 3.82. The smallest absolute Gasteiger partial charge is 0.349 e. The van der Waals surface area contributed by atoms with Gasteiger partial charge < -0.3 is 14.9 Å². The first-order valence-electron chi connectivity index (χ1n) is 7.44. The molecule has 0 bridgehead atoms. The lowest BCUT2D eigenvalue weighted by atomic mass is 9.85. The third-order valence-corrected chi connectivity index (χ3v) is 5.44. The molecule has 1 aromatic heterocycles. The van der Waals surface area contributed by atoms with Crippen molar-refractivity contribution in [2.45, 2.75) is 63.9 Å². The molecule has 0 radical (unpaired) electrons. The Bertz CT molecular complexity index is 507. The number of carbonyl (C=O) groups is 1. The van der Waals surface area contributed by atoms with Gasteiger partial charge in [0, 0.05) is 4.88 Å². The number of carboxylic acids is 1. The fraction of sp³-hybridized carbons (Fsp3) is 0.688. The molecule has 0 atom stereocenters. The number of aromatic carboxylic acids is 1. The van der Waals surface area contributed by atoms with E-state index in [4.69, 9.17) is 4.74 Å². The van der Waals surface area contributed by atoms with E-state index in [1.165, 1.54) is 11.3 Å². The fourth-order valence-corrected chi connectivity index (χ4v) is 3.56. The second-order valence-electron chi connectivity index (χ2n) is 6.93. The molecule has 0 amide bonds. The van der Waals surface area contributed by atoms with E-state index in [9.17, 15) is 15.0 Å². The van der Waals surface area contributed by atoms with Gasteiger partial charge in [0.1, 0.15) is 12.4 Å². The zero-order chi connectivity index (χ0) is 15.7. The van der Waals surface area contributed by atoms with E-state index in [0.717, 1.165) is 37.0 Å². The molecule has 1 saturated carbocycles. The summed E-state index contributed by atoms with van der Waals surface area (Å²) in [7, 11) is 0. The Morgan fingerprint density at radius 1 is 1.33 bits per heavy atom. The molecule has 4 nitrogen and oxygen atoms in total. The van der Waals surface area contributed by atoms with Gasteiger partial charge in [-0.25, -0.2) is 4.79 Å². The van der Waals surface area contributed by atoms with Crippen LogP contribution >= 0.6 is 11.3 Å². The molecule has 5 heteroatoms. The lowest BCUT2D eigenvalue weighted by molar-refractivity contribution is -0.0340. The normalized spacial score (nSPS) is 18.5. The molecular formula is C16H24O4S. The summed E-state index contributed by atoms with van der Waals surface area (Å²) in [6, 6.07) is 1.81. The van der Waals surface area contributed by atoms with E-state index in [1.54, 1.807) is 6.07 Å². The SMILES string of the molecule is CC(C)(C)c1cc(OCC2(O)CCCCC2)c(C(=O)O)s1. The highest BCUT2D eigenvalue weighted by Gasteiger charge is 2.31. The minimum atomic E-state index is -0.971. The van der Waals surface area contributed by atoms with Gasteiger partial charge in [-0.2, -0.15) is 0 Å². The standard InChI is InChI=1S/C16H24O4S/c1-15(2,3)12-9-11(13(21-12)14(17)18)20-10-16(19)7-5-4-6-8-16/h9,19H,4-8,10H2,1-3H3,(H,17,18). The van der Waals surface area contributed by atoms with Gasteiger partial charge >= 0.3 is 5.97 Å². The third-order valence-electron chi connectivity index (χ3n) is 3.91. The zero-order valence-electron chi connectivity index (χ0n) is 12.9. The van der Waals surface area contributed by atoms with Crippen LogP contribution in [0.1, 0.15) is 67.4 Å². The summed E-state index contributed by atoms with van der Waals surface area (Å²) < 4.78 is 5.70. The number of carboxylic acid groups (broad SMARTS) is 1. The Balaban J connectivity index is 2.15. The van der Waals surface area contributed by atoms with Crippen LogP contribution in [0.3, 0.4) is 0 Å². The first-order chi connectivity index (χ1) is 9.71. The van der Waals surface area contributed by atoms with Gasteiger partial charge in [0.05, 0.1) is 5.60 Å². The van der Waals surface area contributed by atoms with Crippen molar-refractivity contribution < 1.29 is 19.7 Å². The predicted molar refractivity (Wildman–Crippen MR) is 83.5 cm³/mol. The summed E-state index contributed by atoms with van der Waals surface area (Å²) in [5.41, 5.74) is -0.921. The summed E-state index contributed by atoms with van der Waals surface area (Å²) in [6.07, 6.45) is 4.61. The second-order valence-corrected chi connectivity index (χ2v) is 7.99. The molecule has 0 saturated heterocycles. The maximum absolute atomic E-state index is 11.4. The van der Waals surface area contributed by atoms with Crippen molar-refractivity contribution in [2.75, 3.05) is 6.61 Å². The first kappa shape index (κ1) is 16.3. The maximum atomic E-state index is 11.4. The first-order valence-corrected chi connectivity index (χ1v) is 8.26. The van der Waals surface area contributed by atoms with E-state index in [2.05, 4.69) is 0 Å². The van der Waals surface area contributed by atoms with Crippen LogP contribution in [-0.4, -0.2) is 28.4 Å². The molecule has 118 valence electrons. The van der Waals surface area contributed by atoms with Crippen LogP contribution in [-0.2, 0) is 5.41 Å². The number of aliphatic hydroxyl groups is 1. The Morgan fingerprint density at radius 3 is 2.48 bits per heavy atom. The molecule has 1 fully saturated rings. The van der Waals surface area contributed by atoms with Crippen molar-refractivity contribution in [3.8, 4) is 5.75 Å². The average molecular weight is 312 g/mol. The van der Waals surface area contributed by atoms with E-state index in [0.29, 0.717) is 5.75 Å². The molecule has 1 aliphatic carbocycles. The summed E-state index contributed by atoms with van der Waals surface area (Å²) >= 11 is 1.25. The largest absolute Gasteiger partial charge is 0.489 e. The van der Waals surface area contributed by atoms with Crippen LogP contribution in [0.5, 0.6) is 5.75 Å². The number of ether oxygens (including phenoxy) is 1. The number of rotatable bonds is 4. The summed E-state index contributed by atoms with van der Waals surface area (Å²) in [4.78, 5) is 12.6. The summed E-state index contributed by atoms with van der Waals surface area (Å²) in [5, 5.41) is 19.8. The van der Waals surface area contributed by atoms with Crippen molar-refractivity contribution in [2.24, 2.45) is 0 Å². The Labute approximate surface area is 129 Å². The molecule has 0 aromatic carbocycles. The van der Waals surface area contributed by atoms with Gasteiger partial charge in [-0.3, -0.25) is 0 Å². The highest BCUT2D eigenvalue weighted by atomic mass is 32.1. The van der Waals surface area contributed by atoms with Crippen LogP contribution in [0.4, 0.5) is 0 Å². The summed E-state index contributed by atoms with van der Waals surface area (Å²) in [5.74, 6) is -0.586. The van der Waals surface area contributed by atoms with E-state index in [1.807, 2.05) is 20.8 Å². The van der Waals surface area contributed by atoms with Crippen LogP contribution < -0.4 is 4.74 Å². The molecule has 0 spiro atoms. The van der Waals surface area contributed by atoms with Gasteiger partial charge in [0.15, 0.2) is 4.88 Å². The molecule has 0 unspecified atom stereocenters. The van der Waals surface area contributed by atoms with Crippen molar-refractivity contribution in [1.29, 1.82) is 0 Å². The Morgan fingerprint density at radius 2 is 1.95 bits per heavy atom. The van der Waals surface area contributed by atoms with Gasteiger partial charge in [0.25, 0.3) is 0 Å². The van der Waals surface area contributed by atoms with Crippen molar-refractivity contribution in [3.05, 3.63) is 15.8 Å². The topological polar surface area (TPSA) is 66.8 Å². The Hall–Kier alpha value is -1.07. The minimum absolute atomic E-state index is 0.113. The highest BCUT2D eigenvalue weighted by Crippen LogP contribution is 2.38. The monoisotopic (exact) mass is 312 g/mol. The summed E-state index contributed by atoms with van der Waals surface area (Å²) in [6.45, 7) is 6.31. The Kier molecular flexibility index (Phi) is 4.63. The van der Waals surface area contributed by atoms with Crippen LogP contribution in [0.25, 0.3) is 0 Å². The molecule has 2 rings (SSSR count). The second kappa shape index (κ2) is 5.97. The molecule has 1 heterocycles. The van der Waals surface area contributed by atoms with Crippen molar-refractivity contribution in [3.63, 3.8) is 0 Å². The van der Waals surface area contributed by atoms with Crippen LogP contribution in [0.2, 0.25) is 0 Å². The van der Waals surface area contributed by atoms with E-state index < -0.39 is 11.6 Å². The molecule has 1 aromatic rings. The molecule has 2 N–H and O–H groups in total. The molecular weight excluding hydrogens is 288 g/mol. The van der Waals surface area contributed by atoms with Crippen molar-refractivity contribution in [1.82, 2.24) is 0 Å².